The summed E-state index contributed by atoms with van der Waals surface area (Å²) in [6, 6.07) is 2.02. The minimum atomic E-state index is 0.815. The molecule has 0 aromatic carbocycles. The van der Waals surface area contributed by atoms with Crippen molar-refractivity contribution in [3.05, 3.63) is 36.7 Å². The Morgan fingerprint density at radius 3 is 3.00 bits per heavy atom. The predicted octanol–water partition coefficient (Wildman–Crippen LogP) is 0.406. The summed E-state index contributed by atoms with van der Waals surface area (Å²) in [5.41, 5.74) is 1.07. The fourth-order valence-corrected chi connectivity index (χ4v) is 1.40. The number of nitrogens with one attached hydrogen (secondary N) is 1. The van der Waals surface area contributed by atoms with Crippen LogP contribution in [0, 0.1) is 0 Å². The maximum absolute atomic E-state index is 4.28. The van der Waals surface area contributed by atoms with Crippen molar-refractivity contribution in [3.8, 4) is 0 Å². The molecule has 0 aliphatic carbocycles. The van der Waals surface area contributed by atoms with Gasteiger partial charge < -0.3 is 9.88 Å². The standard InChI is InChI=1S/C10H15N5/c1-14-5-2-10(13-14)8-11-3-6-15-7-4-12-9-15/h2,4-5,7,9,11H,3,6,8H2,1H3. The molecule has 0 amide bonds. The molecule has 0 aliphatic rings. The van der Waals surface area contributed by atoms with E-state index < -0.39 is 0 Å². The third-order valence-electron chi connectivity index (χ3n) is 2.18. The molecule has 2 aromatic heterocycles. The Morgan fingerprint density at radius 2 is 2.33 bits per heavy atom. The number of nitrogens with zero attached hydrogens (tertiary/aromatic N) is 4. The van der Waals surface area contributed by atoms with Crippen LogP contribution in [0.3, 0.4) is 0 Å². The lowest BCUT2D eigenvalue weighted by Gasteiger charge is -2.03. The van der Waals surface area contributed by atoms with E-state index in [1.165, 1.54) is 0 Å². The minimum absolute atomic E-state index is 0.815. The van der Waals surface area contributed by atoms with E-state index in [1.807, 2.05) is 41.1 Å². The Balaban J connectivity index is 1.67. The van der Waals surface area contributed by atoms with E-state index in [9.17, 15) is 0 Å². The van der Waals surface area contributed by atoms with Crippen LogP contribution in [0.15, 0.2) is 31.0 Å². The molecule has 0 saturated carbocycles. The molecule has 0 saturated heterocycles. The monoisotopic (exact) mass is 205 g/mol. The van der Waals surface area contributed by atoms with Crippen molar-refractivity contribution in [1.82, 2.24) is 24.6 Å². The highest BCUT2D eigenvalue weighted by Gasteiger charge is 1.95. The van der Waals surface area contributed by atoms with Crippen molar-refractivity contribution in [1.29, 1.82) is 0 Å². The third kappa shape index (κ3) is 2.92. The molecule has 2 aromatic rings. The van der Waals surface area contributed by atoms with Crippen molar-refractivity contribution in [3.63, 3.8) is 0 Å². The van der Waals surface area contributed by atoms with Gasteiger partial charge in [-0.1, -0.05) is 0 Å². The second kappa shape index (κ2) is 4.75. The highest BCUT2D eigenvalue weighted by Crippen LogP contribution is 1.92. The zero-order chi connectivity index (χ0) is 10.5. The summed E-state index contributed by atoms with van der Waals surface area (Å²) >= 11 is 0. The molecular formula is C10H15N5. The molecule has 0 radical (unpaired) electrons. The van der Waals surface area contributed by atoms with Gasteiger partial charge in [0.2, 0.25) is 0 Å². The first-order chi connectivity index (χ1) is 7.34. The first kappa shape index (κ1) is 9.92. The molecule has 80 valence electrons. The highest BCUT2D eigenvalue weighted by atomic mass is 15.3. The summed E-state index contributed by atoms with van der Waals surface area (Å²) in [6.07, 6.45) is 7.52. The van der Waals surface area contributed by atoms with Crippen molar-refractivity contribution in [2.75, 3.05) is 6.54 Å². The summed E-state index contributed by atoms with van der Waals surface area (Å²) in [7, 11) is 1.93. The van der Waals surface area contributed by atoms with Gasteiger partial charge in [0.1, 0.15) is 0 Å². The van der Waals surface area contributed by atoms with Crippen LogP contribution in [0.1, 0.15) is 5.69 Å². The predicted molar refractivity (Wildman–Crippen MR) is 57.1 cm³/mol. The van der Waals surface area contributed by atoms with Crippen LogP contribution in [0.25, 0.3) is 0 Å². The van der Waals surface area contributed by atoms with Crippen molar-refractivity contribution in [2.45, 2.75) is 13.1 Å². The average molecular weight is 205 g/mol. The molecule has 2 heterocycles. The maximum atomic E-state index is 4.28. The molecular weight excluding hydrogens is 190 g/mol. The Morgan fingerprint density at radius 1 is 1.40 bits per heavy atom. The quantitative estimate of drug-likeness (QED) is 0.719. The van der Waals surface area contributed by atoms with Gasteiger partial charge in [0.05, 0.1) is 12.0 Å². The number of hydrogen-bond donors (Lipinski definition) is 1. The Bertz CT molecular complexity index is 390. The van der Waals surface area contributed by atoms with Crippen molar-refractivity contribution >= 4 is 0 Å². The Labute approximate surface area is 88.7 Å². The second-order valence-electron chi connectivity index (χ2n) is 3.46. The number of imidazole rings is 1. The first-order valence-electron chi connectivity index (χ1n) is 4.99. The van der Waals surface area contributed by atoms with Crippen molar-refractivity contribution < 1.29 is 0 Å². The smallest absolute Gasteiger partial charge is 0.0946 e. The third-order valence-corrected chi connectivity index (χ3v) is 2.18. The Kier molecular flexibility index (Phi) is 3.14. The molecule has 0 atom stereocenters. The summed E-state index contributed by atoms with van der Waals surface area (Å²) in [6.45, 7) is 2.68. The second-order valence-corrected chi connectivity index (χ2v) is 3.46. The number of rotatable bonds is 5. The van der Waals surface area contributed by atoms with E-state index in [0.717, 1.165) is 25.3 Å². The Hall–Kier alpha value is -1.62. The number of hydrogen-bond acceptors (Lipinski definition) is 3. The van der Waals surface area contributed by atoms with Gasteiger partial charge in [-0.2, -0.15) is 5.10 Å². The van der Waals surface area contributed by atoms with Crippen LogP contribution in [0.2, 0.25) is 0 Å². The molecule has 2 rings (SSSR count). The van der Waals surface area contributed by atoms with Crippen LogP contribution in [0.4, 0.5) is 0 Å². The largest absolute Gasteiger partial charge is 0.336 e. The van der Waals surface area contributed by atoms with Gasteiger partial charge in [-0.05, 0) is 6.07 Å². The topological polar surface area (TPSA) is 47.7 Å². The van der Waals surface area contributed by atoms with Crippen molar-refractivity contribution in [2.24, 2.45) is 7.05 Å². The van der Waals surface area contributed by atoms with Gasteiger partial charge in [-0.25, -0.2) is 4.98 Å². The van der Waals surface area contributed by atoms with E-state index in [0.29, 0.717) is 0 Å². The van der Waals surface area contributed by atoms with Crippen LogP contribution in [-0.4, -0.2) is 25.9 Å². The van der Waals surface area contributed by atoms with E-state index in [2.05, 4.69) is 15.4 Å². The zero-order valence-corrected chi connectivity index (χ0v) is 8.80. The zero-order valence-electron chi connectivity index (χ0n) is 8.80. The molecule has 0 fully saturated rings. The highest BCUT2D eigenvalue weighted by molar-refractivity contribution is 4.97. The average Bonchev–Trinajstić information content (AvgIpc) is 2.84. The molecule has 0 spiro atoms. The van der Waals surface area contributed by atoms with Crippen LogP contribution >= 0.6 is 0 Å². The first-order valence-corrected chi connectivity index (χ1v) is 4.99. The van der Waals surface area contributed by atoms with E-state index in [4.69, 9.17) is 0 Å². The van der Waals surface area contributed by atoms with E-state index in [-0.39, 0.29) is 0 Å². The van der Waals surface area contributed by atoms with Crippen LogP contribution < -0.4 is 5.32 Å². The van der Waals surface area contributed by atoms with Gasteiger partial charge in [0.25, 0.3) is 0 Å². The fourth-order valence-electron chi connectivity index (χ4n) is 1.40. The minimum Gasteiger partial charge on any atom is -0.336 e. The molecule has 0 bridgehead atoms. The molecule has 15 heavy (non-hydrogen) atoms. The van der Waals surface area contributed by atoms with Gasteiger partial charge in [0, 0.05) is 45.3 Å². The lowest BCUT2D eigenvalue weighted by molar-refractivity contribution is 0.586. The molecule has 1 N–H and O–H groups in total. The van der Waals surface area contributed by atoms with Crippen LogP contribution in [0.5, 0.6) is 0 Å². The summed E-state index contributed by atoms with van der Waals surface area (Å²) in [4.78, 5) is 3.98. The van der Waals surface area contributed by atoms with E-state index >= 15 is 0 Å². The molecule has 0 unspecified atom stereocenters. The molecule has 0 aliphatic heterocycles. The van der Waals surface area contributed by atoms with Gasteiger partial charge in [-0.15, -0.1) is 0 Å². The molecule has 5 nitrogen and oxygen atoms in total. The van der Waals surface area contributed by atoms with E-state index in [1.54, 1.807) is 6.20 Å². The lowest BCUT2D eigenvalue weighted by Crippen LogP contribution is -2.19. The normalized spacial score (nSPS) is 10.7. The van der Waals surface area contributed by atoms with Gasteiger partial charge in [-0.3, -0.25) is 4.68 Å². The maximum Gasteiger partial charge on any atom is 0.0946 e. The number of aryl methyl sites for hydroxylation is 1. The summed E-state index contributed by atoms with van der Waals surface area (Å²) < 4.78 is 3.86. The van der Waals surface area contributed by atoms with Gasteiger partial charge >= 0.3 is 0 Å². The SMILES string of the molecule is Cn1ccc(CNCCn2ccnc2)n1. The number of aromatic nitrogens is 4. The van der Waals surface area contributed by atoms with Gasteiger partial charge in [0.15, 0.2) is 0 Å². The fraction of sp³-hybridized carbons (Fsp3) is 0.400. The summed E-state index contributed by atoms with van der Waals surface area (Å²) in [5, 5.41) is 7.61. The molecule has 5 heteroatoms. The lowest BCUT2D eigenvalue weighted by atomic mass is 10.4. The van der Waals surface area contributed by atoms with Crippen LogP contribution in [-0.2, 0) is 20.1 Å². The summed E-state index contributed by atoms with van der Waals surface area (Å²) in [5.74, 6) is 0.